The van der Waals surface area contributed by atoms with Crippen LogP contribution in [0.4, 0.5) is 0 Å². The number of hydrogen-bond acceptors (Lipinski definition) is 7. The lowest BCUT2D eigenvalue weighted by Crippen LogP contribution is -2.39. The lowest BCUT2D eigenvalue weighted by Gasteiger charge is -2.24. The lowest BCUT2D eigenvalue weighted by molar-refractivity contribution is -0.139. The summed E-state index contributed by atoms with van der Waals surface area (Å²) in [6, 6.07) is 20.6. The Labute approximate surface area is 223 Å². The lowest BCUT2D eigenvalue weighted by atomic mass is 9.95. The van der Waals surface area contributed by atoms with Crippen LogP contribution in [0.5, 0.6) is 5.75 Å². The molecule has 0 amide bonds. The van der Waals surface area contributed by atoms with Crippen LogP contribution in [-0.4, -0.2) is 23.8 Å². The molecule has 0 unspecified atom stereocenters. The van der Waals surface area contributed by atoms with Crippen LogP contribution in [0.25, 0.3) is 16.8 Å². The maximum Gasteiger partial charge on any atom is 0.338 e. The number of carbonyl (C=O) groups is 1. The molecule has 38 heavy (non-hydrogen) atoms. The van der Waals surface area contributed by atoms with Gasteiger partial charge in [0.1, 0.15) is 11.8 Å². The van der Waals surface area contributed by atoms with E-state index in [1.807, 2.05) is 67.6 Å². The van der Waals surface area contributed by atoms with Crippen LogP contribution in [0, 0.1) is 18.3 Å². The summed E-state index contributed by atoms with van der Waals surface area (Å²) < 4.78 is 13.1. The molecule has 1 aromatic heterocycles. The number of nitrogens with zero attached hydrogens (tertiary/aromatic N) is 3. The number of fused-ring (bicyclic) bond motifs is 2. The highest BCUT2D eigenvalue weighted by Crippen LogP contribution is 2.32. The highest BCUT2D eigenvalue weighted by atomic mass is 32.1. The fourth-order valence-electron chi connectivity index (χ4n) is 4.65. The van der Waals surface area contributed by atoms with E-state index in [9.17, 15) is 9.59 Å². The number of rotatable bonds is 6. The molecule has 7 nitrogen and oxygen atoms in total. The molecule has 0 radical (unpaired) electrons. The number of hydrogen-bond donors (Lipinski definition) is 0. The normalized spacial score (nSPS) is 15.1. The van der Waals surface area contributed by atoms with E-state index in [1.54, 1.807) is 30.6 Å². The van der Waals surface area contributed by atoms with Crippen molar-refractivity contribution in [2.45, 2.75) is 26.8 Å². The Morgan fingerprint density at radius 3 is 2.63 bits per heavy atom. The second-order valence-electron chi connectivity index (χ2n) is 8.86. The van der Waals surface area contributed by atoms with Gasteiger partial charge >= 0.3 is 5.97 Å². The van der Waals surface area contributed by atoms with Crippen molar-refractivity contribution in [2.24, 2.45) is 4.99 Å². The number of nitriles is 1. The Morgan fingerprint density at radius 2 is 1.89 bits per heavy atom. The van der Waals surface area contributed by atoms with E-state index in [1.165, 1.54) is 11.3 Å². The molecule has 1 aliphatic rings. The Kier molecular flexibility index (Phi) is 6.95. The van der Waals surface area contributed by atoms with Crippen molar-refractivity contribution < 1.29 is 14.3 Å². The van der Waals surface area contributed by atoms with Crippen LogP contribution in [0.3, 0.4) is 0 Å². The molecule has 0 N–H and O–H groups in total. The molecule has 2 heterocycles. The summed E-state index contributed by atoms with van der Waals surface area (Å²) in [6.45, 7) is 5.60. The van der Waals surface area contributed by atoms with Crippen LogP contribution in [0.15, 0.2) is 81.7 Å². The standard InChI is InChI=1S/C30H25N3O4S/c1-4-36-29(35)26-19(3)32-30-33(27(26)21-11-9-18(2)10-12-21)28(34)25(38-30)17-23-22-8-6-5-7-20(22)13-14-24(23)37-16-15-31/h5-14,17,27H,4,16H2,1-3H3/b25-17-/t27-/m0/s1. The van der Waals surface area contributed by atoms with E-state index in [0.717, 1.165) is 21.9 Å². The third-order valence-corrected chi connectivity index (χ3v) is 7.39. The molecule has 1 atom stereocenters. The van der Waals surface area contributed by atoms with Gasteiger partial charge < -0.3 is 9.47 Å². The highest BCUT2D eigenvalue weighted by molar-refractivity contribution is 7.07. The number of carbonyl (C=O) groups excluding carboxylic acids is 1. The van der Waals surface area contributed by atoms with E-state index in [2.05, 4.69) is 4.99 Å². The Morgan fingerprint density at radius 1 is 1.13 bits per heavy atom. The second kappa shape index (κ2) is 10.5. The molecule has 3 aromatic carbocycles. The summed E-state index contributed by atoms with van der Waals surface area (Å²) >= 11 is 1.25. The third kappa shape index (κ3) is 4.53. The summed E-state index contributed by atoms with van der Waals surface area (Å²) in [6.07, 6.45) is 1.79. The second-order valence-corrected chi connectivity index (χ2v) is 9.87. The van der Waals surface area contributed by atoms with Crippen molar-refractivity contribution in [3.8, 4) is 11.8 Å². The number of aromatic nitrogens is 1. The number of allylic oxidation sites excluding steroid dienone is 1. The van der Waals surface area contributed by atoms with E-state index in [-0.39, 0.29) is 18.8 Å². The summed E-state index contributed by atoms with van der Waals surface area (Å²) in [5.41, 5.74) is 3.16. The van der Waals surface area contributed by atoms with Gasteiger partial charge in [0, 0.05) is 5.56 Å². The minimum atomic E-state index is -0.671. The Bertz CT molecular complexity index is 1810. The molecule has 0 saturated carbocycles. The van der Waals surface area contributed by atoms with Gasteiger partial charge in [-0.15, -0.1) is 0 Å². The molecule has 1 aliphatic heterocycles. The van der Waals surface area contributed by atoms with Crippen molar-refractivity contribution >= 4 is 34.2 Å². The highest BCUT2D eigenvalue weighted by Gasteiger charge is 2.33. The summed E-state index contributed by atoms with van der Waals surface area (Å²) in [5.74, 6) is 0.0180. The topological polar surface area (TPSA) is 93.7 Å². The van der Waals surface area contributed by atoms with E-state index in [4.69, 9.17) is 14.7 Å². The van der Waals surface area contributed by atoms with Gasteiger partial charge in [-0.2, -0.15) is 5.26 Å². The number of benzene rings is 3. The molecule has 0 bridgehead atoms. The molecule has 0 aliphatic carbocycles. The quantitative estimate of drug-likeness (QED) is 0.354. The van der Waals surface area contributed by atoms with Crippen molar-refractivity contribution in [3.05, 3.63) is 108 Å². The third-order valence-electron chi connectivity index (χ3n) is 6.41. The molecule has 5 rings (SSSR count). The average Bonchev–Trinajstić information content (AvgIpc) is 3.22. The van der Waals surface area contributed by atoms with Gasteiger partial charge in [-0.25, -0.2) is 9.79 Å². The van der Waals surface area contributed by atoms with Crippen LogP contribution in [-0.2, 0) is 9.53 Å². The smallest absolute Gasteiger partial charge is 0.338 e. The fraction of sp³-hybridized carbons (Fsp3) is 0.200. The minimum absolute atomic E-state index is 0.115. The molecule has 190 valence electrons. The monoisotopic (exact) mass is 523 g/mol. The average molecular weight is 524 g/mol. The molecule has 0 saturated heterocycles. The van der Waals surface area contributed by atoms with Crippen molar-refractivity contribution in [3.63, 3.8) is 0 Å². The van der Waals surface area contributed by atoms with E-state index < -0.39 is 12.0 Å². The van der Waals surface area contributed by atoms with Crippen LogP contribution >= 0.6 is 11.3 Å². The zero-order valence-electron chi connectivity index (χ0n) is 21.2. The van der Waals surface area contributed by atoms with Crippen LogP contribution in [0.1, 0.15) is 36.6 Å². The molecule has 8 heteroatoms. The van der Waals surface area contributed by atoms with Gasteiger partial charge in [-0.1, -0.05) is 71.5 Å². The molecule has 0 fully saturated rings. The minimum Gasteiger partial charge on any atom is -0.478 e. The maximum atomic E-state index is 14.0. The van der Waals surface area contributed by atoms with Crippen LogP contribution < -0.4 is 19.6 Å². The van der Waals surface area contributed by atoms with Gasteiger partial charge in [0.05, 0.1) is 28.5 Å². The molecule has 4 aromatic rings. The number of thiazole rings is 1. The van der Waals surface area contributed by atoms with E-state index in [0.29, 0.717) is 31.9 Å². The molecule has 0 spiro atoms. The van der Waals surface area contributed by atoms with E-state index >= 15 is 0 Å². The summed E-state index contributed by atoms with van der Waals surface area (Å²) in [5, 5.41) is 10.9. The first-order valence-electron chi connectivity index (χ1n) is 12.2. The number of esters is 1. The van der Waals surface area contributed by atoms with Gasteiger partial charge in [0.25, 0.3) is 5.56 Å². The summed E-state index contributed by atoms with van der Waals surface area (Å²) in [4.78, 5) is 32.2. The van der Waals surface area contributed by atoms with Crippen molar-refractivity contribution in [2.75, 3.05) is 13.2 Å². The van der Waals surface area contributed by atoms with Gasteiger partial charge in [-0.05, 0) is 49.2 Å². The number of ether oxygens (including phenoxy) is 2. The fourth-order valence-corrected chi connectivity index (χ4v) is 5.68. The SMILES string of the molecule is CCOC(=O)C1=C(C)N=c2s/c(=C\c3c(OCC#N)ccc4ccccc34)c(=O)n2[C@H]1c1ccc(C)cc1. The molecular formula is C30H25N3O4S. The zero-order chi connectivity index (χ0) is 26.8. The predicted molar refractivity (Wildman–Crippen MR) is 147 cm³/mol. The summed E-state index contributed by atoms with van der Waals surface area (Å²) in [7, 11) is 0. The first-order chi connectivity index (χ1) is 18.4. The first-order valence-corrected chi connectivity index (χ1v) is 13.0. The Balaban J connectivity index is 1.77. The number of aryl methyl sites for hydroxylation is 1. The maximum absolute atomic E-state index is 14.0. The zero-order valence-corrected chi connectivity index (χ0v) is 22.0. The van der Waals surface area contributed by atoms with Crippen LogP contribution in [0.2, 0.25) is 0 Å². The van der Waals surface area contributed by atoms with Gasteiger partial charge in [0.15, 0.2) is 11.4 Å². The van der Waals surface area contributed by atoms with Gasteiger partial charge in [0.2, 0.25) is 0 Å². The first kappa shape index (κ1) is 25.2. The molecular weight excluding hydrogens is 498 g/mol. The Hall–Kier alpha value is -4.48. The predicted octanol–water partition coefficient (Wildman–Crippen LogP) is 4.16. The van der Waals surface area contributed by atoms with Gasteiger partial charge in [-0.3, -0.25) is 9.36 Å². The van der Waals surface area contributed by atoms with Crippen molar-refractivity contribution in [1.82, 2.24) is 4.57 Å². The largest absolute Gasteiger partial charge is 0.478 e. The van der Waals surface area contributed by atoms with Crippen molar-refractivity contribution in [1.29, 1.82) is 5.26 Å².